The van der Waals surface area contributed by atoms with E-state index >= 15 is 0 Å². The van der Waals surface area contributed by atoms with Crippen LogP contribution in [0.3, 0.4) is 0 Å². The molecule has 0 fully saturated rings. The van der Waals surface area contributed by atoms with Crippen molar-refractivity contribution in [3.63, 3.8) is 0 Å². The van der Waals surface area contributed by atoms with Crippen LogP contribution in [0.1, 0.15) is 15.4 Å². The maximum Gasteiger partial charge on any atom is 0.322 e. The monoisotopic (exact) mass is 305 g/mol. The molecule has 0 saturated carbocycles. The molecule has 7 nitrogen and oxygen atoms in total. The van der Waals surface area contributed by atoms with Crippen molar-refractivity contribution in [2.24, 2.45) is 0 Å². The quantitative estimate of drug-likeness (QED) is 0.798. The van der Waals surface area contributed by atoms with Gasteiger partial charge in [0.1, 0.15) is 10.7 Å². The molecule has 2 aromatic heterocycles. The van der Waals surface area contributed by atoms with Gasteiger partial charge in [0.2, 0.25) is 5.89 Å². The average molecular weight is 305 g/mol. The van der Waals surface area contributed by atoms with Crippen LogP contribution in [0.4, 0.5) is 10.4 Å². The summed E-state index contributed by atoms with van der Waals surface area (Å²) in [6.07, 6.45) is 0. The van der Waals surface area contributed by atoms with E-state index in [-0.39, 0.29) is 11.9 Å². The number of halogens is 1. The first-order chi connectivity index (χ1) is 10.1. The summed E-state index contributed by atoms with van der Waals surface area (Å²) in [6, 6.07) is 5.64. The molecule has 3 rings (SSSR count). The van der Waals surface area contributed by atoms with E-state index in [0.29, 0.717) is 16.1 Å². The van der Waals surface area contributed by atoms with Crippen LogP contribution in [-0.4, -0.2) is 25.7 Å². The number of amides is 1. The SMILES string of the molecule is Cc1nnsc1C(=O)Nc1nnc(-c2cccc(F)c2)o1. The lowest BCUT2D eigenvalue weighted by atomic mass is 10.2. The molecular formula is C12H8FN5O2S. The Hall–Kier alpha value is -2.68. The predicted octanol–water partition coefficient (Wildman–Crippen LogP) is 2.29. The number of nitrogens with zero attached hydrogens (tertiary/aromatic N) is 4. The maximum atomic E-state index is 13.1. The van der Waals surface area contributed by atoms with Crippen molar-refractivity contribution in [1.82, 2.24) is 19.8 Å². The van der Waals surface area contributed by atoms with Gasteiger partial charge in [0.15, 0.2) is 0 Å². The molecule has 106 valence electrons. The Bertz CT molecular complexity index is 800. The van der Waals surface area contributed by atoms with E-state index in [0.717, 1.165) is 11.5 Å². The van der Waals surface area contributed by atoms with Crippen LogP contribution in [0, 0.1) is 12.7 Å². The van der Waals surface area contributed by atoms with Crippen molar-refractivity contribution in [3.05, 3.63) is 40.7 Å². The minimum atomic E-state index is -0.433. The van der Waals surface area contributed by atoms with E-state index in [1.807, 2.05) is 0 Å². The standard InChI is InChI=1S/C12H8FN5O2S/c1-6-9(21-18-15-6)10(19)14-12-17-16-11(20-12)7-3-2-4-8(13)5-7/h2-5H,1H3,(H,14,17,19). The molecule has 1 amide bonds. The van der Waals surface area contributed by atoms with Gasteiger partial charge in [0.25, 0.3) is 5.91 Å². The first kappa shape index (κ1) is 13.3. The minimum absolute atomic E-state index is 0.0768. The normalized spacial score (nSPS) is 10.6. The fraction of sp³-hybridized carbons (Fsp3) is 0.0833. The molecule has 0 aliphatic heterocycles. The summed E-state index contributed by atoms with van der Waals surface area (Å²) in [5.41, 5.74) is 0.945. The van der Waals surface area contributed by atoms with Crippen molar-refractivity contribution in [3.8, 4) is 11.5 Å². The van der Waals surface area contributed by atoms with E-state index < -0.39 is 11.7 Å². The molecule has 0 radical (unpaired) electrons. The third-order valence-electron chi connectivity index (χ3n) is 2.57. The number of carbonyl (C=O) groups is 1. The molecule has 0 aliphatic rings. The average Bonchev–Trinajstić information content (AvgIpc) is 3.08. The molecule has 21 heavy (non-hydrogen) atoms. The lowest BCUT2D eigenvalue weighted by molar-refractivity contribution is 0.102. The van der Waals surface area contributed by atoms with E-state index in [9.17, 15) is 9.18 Å². The van der Waals surface area contributed by atoms with E-state index in [4.69, 9.17) is 4.42 Å². The third-order valence-corrected chi connectivity index (χ3v) is 3.40. The molecule has 1 N–H and O–H groups in total. The highest BCUT2D eigenvalue weighted by Gasteiger charge is 2.17. The van der Waals surface area contributed by atoms with Gasteiger partial charge in [0.05, 0.1) is 5.69 Å². The Kier molecular flexibility index (Phi) is 3.40. The van der Waals surface area contributed by atoms with Crippen LogP contribution >= 0.6 is 11.5 Å². The van der Waals surface area contributed by atoms with Crippen LogP contribution < -0.4 is 5.32 Å². The van der Waals surface area contributed by atoms with Crippen LogP contribution in [0.2, 0.25) is 0 Å². The van der Waals surface area contributed by atoms with Crippen molar-refractivity contribution < 1.29 is 13.6 Å². The third kappa shape index (κ3) is 2.77. The number of rotatable bonds is 3. The summed E-state index contributed by atoms with van der Waals surface area (Å²) in [4.78, 5) is 12.3. The number of benzene rings is 1. The number of hydrogen-bond donors (Lipinski definition) is 1. The number of carbonyl (C=O) groups excluding carboxylic acids is 1. The topological polar surface area (TPSA) is 93.8 Å². The number of aromatic nitrogens is 4. The van der Waals surface area contributed by atoms with E-state index in [1.54, 1.807) is 13.0 Å². The van der Waals surface area contributed by atoms with Crippen LogP contribution in [0.5, 0.6) is 0 Å². The second-order valence-corrected chi connectivity index (χ2v) is 4.82. The summed E-state index contributed by atoms with van der Waals surface area (Å²) in [5, 5.41) is 13.6. The highest BCUT2D eigenvalue weighted by molar-refractivity contribution is 7.08. The summed E-state index contributed by atoms with van der Waals surface area (Å²) < 4.78 is 22.1. The van der Waals surface area contributed by atoms with Crippen LogP contribution in [0.15, 0.2) is 28.7 Å². The number of anilines is 1. The lowest BCUT2D eigenvalue weighted by Crippen LogP contribution is -2.11. The lowest BCUT2D eigenvalue weighted by Gasteiger charge is -1.97. The van der Waals surface area contributed by atoms with Gasteiger partial charge < -0.3 is 4.42 Å². The zero-order chi connectivity index (χ0) is 14.8. The Labute approximate surface area is 122 Å². The van der Waals surface area contributed by atoms with Gasteiger partial charge >= 0.3 is 6.01 Å². The fourth-order valence-corrected chi connectivity index (χ4v) is 2.16. The first-order valence-electron chi connectivity index (χ1n) is 5.83. The fourth-order valence-electron chi connectivity index (χ4n) is 1.61. The van der Waals surface area contributed by atoms with E-state index in [1.165, 1.54) is 18.2 Å². The van der Waals surface area contributed by atoms with E-state index in [2.05, 4.69) is 25.1 Å². The minimum Gasteiger partial charge on any atom is -0.403 e. The predicted molar refractivity (Wildman–Crippen MR) is 72.3 cm³/mol. The van der Waals surface area contributed by atoms with Gasteiger partial charge in [-0.2, -0.15) is 0 Å². The molecule has 2 heterocycles. The maximum absolute atomic E-state index is 13.1. The smallest absolute Gasteiger partial charge is 0.322 e. The Morgan fingerprint density at radius 2 is 2.19 bits per heavy atom. The highest BCUT2D eigenvalue weighted by atomic mass is 32.1. The Morgan fingerprint density at radius 1 is 1.33 bits per heavy atom. The second-order valence-electron chi connectivity index (χ2n) is 4.06. The molecule has 0 saturated heterocycles. The summed E-state index contributed by atoms with van der Waals surface area (Å²) in [5.74, 6) is -0.733. The summed E-state index contributed by atoms with van der Waals surface area (Å²) in [7, 11) is 0. The molecule has 0 spiro atoms. The van der Waals surface area contributed by atoms with Gasteiger partial charge in [-0.1, -0.05) is 15.7 Å². The molecule has 3 aromatic rings. The van der Waals surface area contributed by atoms with Crippen molar-refractivity contribution in [2.45, 2.75) is 6.92 Å². The Balaban J connectivity index is 1.80. The zero-order valence-corrected chi connectivity index (χ0v) is 11.5. The van der Waals surface area contributed by atoms with Gasteiger partial charge in [0, 0.05) is 5.56 Å². The van der Waals surface area contributed by atoms with Gasteiger partial charge in [-0.05, 0) is 36.7 Å². The highest BCUT2D eigenvalue weighted by Crippen LogP contribution is 2.21. The molecule has 0 aliphatic carbocycles. The van der Waals surface area contributed by atoms with Crippen LogP contribution in [0.25, 0.3) is 11.5 Å². The molecular weight excluding hydrogens is 297 g/mol. The molecule has 9 heteroatoms. The van der Waals surface area contributed by atoms with Crippen molar-refractivity contribution in [2.75, 3.05) is 5.32 Å². The van der Waals surface area contributed by atoms with Gasteiger partial charge in [-0.25, -0.2) is 4.39 Å². The summed E-state index contributed by atoms with van der Waals surface area (Å²) in [6.45, 7) is 1.67. The number of nitrogens with one attached hydrogen (secondary N) is 1. The van der Waals surface area contributed by atoms with Gasteiger partial charge in [-0.3, -0.25) is 10.1 Å². The zero-order valence-electron chi connectivity index (χ0n) is 10.7. The van der Waals surface area contributed by atoms with Crippen LogP contribution in [-0.2, 0) is 0 Å². The molecule has 0 bridgehead atoms. The molecule has 1 aromatic carbocycles. The van der Waals surface area contributed by atoms with Crippen molar-refractivity contribution in [1.29, 1.82) is 0 Å². The number of hydrogen-bond acceptors (Lipinski definition) is 7. The summed E-state index contributed by atoms with van der Waals surface area (Å²) >= 11 is 0.969. The first-order valence-corrected chi connectivity index (χ1v) is 6.60. The second kappa shape index (κ2) is 5.37. The number of aryl methyl sites for hydroxylation is 1. The van der Waals surface area contributed by atoms with Crippen molar-refractivity contribution >= 4 is 23.5 Å². The largest absolute Gasteiger partial charge is 0.403 e. The molecule has 0 unspecified atom stereocenters. The molecule has 0 atom stereocenters. The van der Waals surface area contributed by atoms with Gasteiger partial charge in [-0.15, -0.1) is 10.2 Å². The Morgan fingerprint density at radius 3 is 2.90 bits per heavy atom.